The fourth-order valence-corrected chi connectivity index (χ4v) is 1.98. The second kappa shape index (κ2) is 3.99. The first kappa shape index (κ1) is 12.9. The molecule has 100 valence electrons. The Labute approximate surface area is 101 Å². The molecule has 8 heteroatoms. The van der Waals surface area contributed by atoms with E-state index in [9.17, 15) is 13.6 Å². The third kappa shape index (κ3) is 1.97. The van der Waals surface area contributed by atoms with Gasteiger partial charge in [-0.15, -0.1) is 0 Å². The molecular formula is C10H13F2N3O3. The Kier molecular flexibility index (Phi) is 2.86. The lowest BCUT2D eigenvalue weighted by Crippen LogP contribution is -2.42. The Morgan fingerprint density at radius 2 is 2.33 bits per heavy atom. The van der Waals surface area contributed by atoms with Crippen molar-refractivity contribution in [2.24, 2.45) is 0 Å². The number of nitrogens with zero attached hydrogens (tertiary/aromatic N) is 2. The number of aliphatic hydroxyl groups excluding tert-OH is 1. The fourth-order valence-electron chi connectivity index (χ4n) is 1.98. The molecule has 1 aliphatic heterocycles. The third-order valence-electron chi connectivity index (χ3n) is 3.02. The molecule has 1 aromatic heterocycles. The summed E-state index contributed by atoms with van der Waals surface area (Å²) < 4.78 is 33.0. The molecule has 0 spiro atoms. The molecule has 0 bridgehead atoms. The fraction of sp³-hybridized carbons (Fsp3) is 0.600. The molecular weight excluding hydrogens is 248 g/mol. The summed E-state index contributed by atoms with van der Waals surface area (Å²) in [5.74, 6) is -3.64. The Morgan fingerprint density at radius 3 is 2.89 bits per heavy atom. The summed E-state index contributed by atoms with van der Waals surface area (Å²) in [7, 11) is 0. The first-order valence-electron chi connectivity index (χ1n) is 5.35. The van der Waals surface area contributed by atoms with Crippen LogP contribution in [0.3, 0.4) is 0 Å². The molecule has 1 aromatic rings. The summed E-state index contributed by atoms with van der Waals surface area (Å²) in [4.78, 5) is 14.9. The van der Waals surface area contributed by atoms with Crippen molar-refractivity contribution in [2.75, 3.05) is 12.3 Å². The third-order valence-corrected chi connectivity index (χ3v) is 3.02. The highest BCUT2D eigenvalue weighted by molar-refractivity contribution is 5.26. The quantitative estimate of drug-likeness (QED) is 0.788. The molecule has 1 fully saturated rings. The highest BCUT2D eigenvalue weighted by Gasteiger charge is 2.48. The van der Waals surface area contributed by atoms with Gasteiger partial charge in [0.05, 0.1) is 6.20 Å². The molecule has 2 atom stereocenters. The topological polar surface area (TPSA) is 90.4 Å². The number of anilines is 1. The van der Waals surface area contributed by atoms with E-state index in [1.54, 1.807) is 0 Å². The van der Waals surface area contributed by atoms with E-state index in [2.05, 4.69) is 4.98 Å². The van der Waals surface area contributed by atoms with Gasteiger partial charge in [-0.1, -0.05) is 0 Å². The number of rotatable bonds is 2. The van der Waals surface area contributed by atoms with Crippen LogP contribution in [0.5, 0.6) is 0 Å². The van der Waals surface area contributed by atoms with Crippen molar-refractivity contribution in [1.29, 1.82) is 0 Å². The minimum absolute atomic E-state index is 0.0988. The van der Waals surface area contributed by atoms with Gasteiger partial charge in [-0.05, 0) is 6.92 Å². The van der Waals surface area contributed by atoms with Crippen LogP contribution in [0.4, 0.5) is 14.6 Å². The summed E-state index contributed by atoms with van der Waals surface area (Å²) in [6.07, 6.45) is 0.835. The van der Waals surface area contributed by atoms with Crippen molar-refractivity contribution in [3.63, 3.8) is 0 Å². The SMILES string of the molecule is C[C@]1(n2cc(F)c(N)nc2=O)CC[C@@](F)(CO)O1. The zero-order valence-corrected chi connectivity index (χ0v) is 9.69. The van der Waals surface area contributed by atoms with Crippen molar-refractivity contribution < 1.29 is 18.6 Å². The van der Waals surface area contributed by atoms with Gasteiger partial charge in [-0.2, -0.15) is 4.98 Å². The molecule has 0 amide bonds. The van der Waals surface area contributed by atoms with Crippen molar-refractivity contribution in [1.82, 2.24) is 9.55 Å². The monoisotopic (exact) mass is 261 g/mol. The number of ether oxygens (including phenoxy) is 1. The van der Waals surface area contributed by atoms with E-state index in [-0.39, 0.29) is 12.8 Å². The zero-order valence-electron chi connectivity index (χ0n) is 9.69. The summed E-state index contributed by atoms with van der Waals surface area (Å²) in [5.41, 5.74) is 2.93. The molecule has 0 unspecified atom stereocenters. The Balaban J connectivity index is 2.44. The number of aromatic nitrogens is 2. The zero-order chi connectivity index (χ0) is 13.6. The van der Waals surface area contributed by atoms with E-state index in [0.717, 1.165) is 10.8 Å². The van der Waals surface area contributed by atoms with Gasteiger partial charge >= 0.3 is 5.69 Å². The van der Waals surface area contributed by atoms with Crippen LogP contribution < -0.4 is 11.4 Å². The van der Waals surface area contributed by atoms with Crippen LogP contribution in [0.1, 0.15) is 19.8 Å². The maximum atomic E-state index is 13.8. The number of hydrogen-bond acceptors (Lipinski definition) is 5. The lowest BCUT2D eigenvalue weighted by Gasteiger charge is -2.28. The minimum atomic E-state index is -2.23. The summed E-state index contributed by atoms with van der Waals surface area (Å²) >= 11 is 0. The van der Waals surface area contributed by atoms with Crippen LogP contribution in [0, 0.1) is 5.82 Å². The lowest BCUT2D eigenvalue weighted by molar-refractivity contribution is -0.218. The first-order chi connectivity index (χ1) is 8.30. The predicted molar refractivity (Wildman–Crippen MR) is 57.8 cm³/mol. The molecule has 3 N–H and O–H groups in total. The van der Waals surface area contributed by atoms with Crippen LogP contribution in [0.2, 0.25) is 0 Å². The molecule has 2 rings (SSSR count). The maximum absolute atomic E-state index is 13.8. The summed E-state index contributed by atoms with van der Waals surface area (Å²) in [6.45, 7) is 0.588. The van der Waals surface area contributed by atoms with Crippen molar-refractivity contribution >= 4 is 5.82 Å². The molecule has 0 radical (unpaired) electrons. The van der Waals surface area contributed by atoms with Gasteiger partial charge in [0, 0.05) is 12.8 Å². The van der Waals surface area contributed by atoms with E-state index in [1.165, 1.54) is 6.92 Å². The predicted octanol–water partition coefficient (Wildman–Crippen LogP) is 0.106. The second-order valence-electron chi connectivity index (χ2n) is 4.44. The number of alkyl halides is 1. The van der Waals surface area contributed by atoms with Crippen molar-refractivity contribution in [3.05, 3.63) is 22.5 Å². The smallest absolute Gasteiger partial charge is 0.352 e. The largest absolute Gasteiger partial charge is 0.390 e. The molecule has 18 heavy (non-hydrogen) atoms. The Bertz CT molecular complexity index is 536. The molecule has 1 aliphatic rings. The van der Waals surface area contributed by atoms with Crippen LogP contribution in [-0.4, -0.2) is 27.1 Å². The van der Waals surface area contributed by atoms with E-state index < -0.39 is 35.5 Å². The Hall–Kier alpha value is -1.54. The minimum Gasteiger partial charge on any atom is -0.390 e. The number of halogens is 2. The van der Waals surface area contributed by atoms with Gasteiger partial charge in [-0.25, -0.2) is 13.6 Å². The average molecular weight is 261 g/mol. The van der Waals surface area contributed by atoms with Crippen molar-refractivity contribution in [2.45, 2.75) is 31.3 Å². The highest BCUT2D eigenvalue weighted by Crippen LogP contribution is 2.41. The number of hydrogen-bond donors (Lipinski definition) is 2. The van der Waals surface area contributed by atoms with E-state index in [4.69, 9.17) is 15.6 Å². The highest BCUT2D eigenvalue weighted by atomic mass is 19.2. The molecule has 6 nitrogen and oxygen atoms in total. The molecule has 0 saturated carbocycles. The molecule has 0 aliphatic carbocycles. The van der Waals surface area contributed by atoms with Crippen LogP contribution >= 0.6 is 0 Å². The van der Waals surface area contributed by atoms with Gasteiger partial charge in [0.15, 0.2) is 11.6 Å². The summed E-state index contributed by atoms with van der Waals surface area (Å²) in [6, 6.07) is 0. The maximum Gasteiger partial charge on any atom is 0.352 e. The number of aliphatic hydroxyl groups is 1. The van der Waals surface area contributed by atoms with E-state index >= 15 is 0 Å². The average Bonchev–Trinajstić information content (AvgIpc) is 2.62. The van der Waals surface area contributed by atoms with E-state index in [1.807, 2.05) is 0 Å². The summed E-state index contributed by atoms with van der Waals surface area (Å²) in [5, 5.41) is 8.88. The van der Waals surface area contributed by atoms with Crippen molar-refractivity contribution in [3.8, 4) is 0 Å². The standard InChI is InChI=1S/C10H13F2N3O3/c1-9(2-3-10(12,5-16)18-9)15-4-6(11)7(13)14-8(15)17/h4,16H,2-3,5H2,1H3,(H2,13,14,17)/t9-,10+/m1/s1. The van der Waals surface area contributed by atoms with Crippen LogP contribution in [0.25, 0.3) is 0 Å². The Morgan fingerprint density at radius 1 is 1.67 bits per heavy atom. The number of nitrogen functional groups attached to an aromatic ring is 1. The van der Waals surface area contributed by atoms with Crippen LogP contribution in [0.15, 0.2) is 11.0 Å². The van der Waals surface area contributed by atoms with E-state index in [0.29, 0.717) is 0 Å². The van der Waals surface area contributed by atoms with Gasteiger partial charge < -0.3 is 15.6 Å². The lowest BCUT2D eigenvalue weighted by atomic mass is 10.1. The molecule has 1 saturated heterocycles. The van der Waals surface area contributed by atoms with Gasteiger partial charge in [0.2, 0.25) is 5.85 Å². The van der Waals surface area contributed by atoms with Gasteiger partial charge in [0.25, 0.3) is 0 Å². The van der Waals surface area contributed by atoms with Gasteiger partial charge in [0.1, 0.15) is 12.3 Å². The van der Waals surface area contributed by atoms with Crippen LogP contribution in [-0.2, 0) is 10.5 Å². The molecule has 0 aromatic carbocycles. The second-order valence-corrected chi connectivity index (χ2v) is 4.44. The number of nitrogens with two attached hydrogens (primary N) is 1. The first-order valence-corrected chi connectivity index (χ1v) is 5.35. The van der Waals surface area contributed by atoms with Gasteiger partial charge in [-0.3, -0.25) is 4.57 Å². The normalized spacial score (nSPS) is 31.8. The molecule has 2 heterocycles.